The van der Waals surface area contributed by atoms with Crippen molar-refractivity contribution in [2.75, 3.05) is 26.2 Å². The fourth-order valence-electron chi connectivity index (χ4n) is 4.01. The summed E-state index contributed by atoms with van der Waals surface area (Å²) in [6, 6.07) is 0. The maximum absolute atomic E-state index is 12.4. The van der Waals surface area contributed by atoms with Crippen LogP contribution >= 0.6 is 0 Å². The van der Waals surface area contributed by atoms with Gasteiger partial charge >= 0.3 is 0 Å². The number of likely N-dealkylation sites (tertiary alicyclic amines) is 2. The van der Waals surface area contributed by atoms with E-state index < -0.39 is 0 Å². The van der Waals surface area contributed by atoms with Crippen LogP contribution in [0, 0.1) is 12.3 Å². The standard InChI is InChI=1S/C19H27N5O3/c1-14-8-22-16(9-20-14)11-24-13-19(6-4-17(24)26)5-3-7-23(12-19)18(27)10-21-15(2)25/h8-9H,3-7,10-13H2,1-2H3,(H,21,25)/t19-/m0/s1. The molecular formula is C19H27N5O3. The van der Waals surface area contributed by atoms with Crippen molar-refractivity contribution in [3.05, 3.63) is 23.8 Å². The van der Waals surface area contributed by atoms with Gasteiger partial charge in [-0.3, -0.25) is 24.4 Å². The highest BCUT2D eigenvalue weighted by molar-refractivity contribution is 5.84. The van der Waals surface area contributed by atoms with E-state index in [1.54, 1.807) is 12.4 Å². The molecule has 0 radical (unpaired) electrons. The molecule has 1 atom stereocenters. The molecule has 3 amide bonds. The third kappa shape index (κ3) is 4.81. The average Bonchev–Trinajstić information content (AvgIpc) is 2.65. The molecule has 3 heterocycles. The van der Waals surface area contributed by atoms with Gasteiger partial charge in [0.15, 0.2) is 0 Å². The molecule has 1 spiro atoms. The number of carbonyl (C=O) groups excluding carboxylic acids is 3. The summed E-state index contributed by atoms with van der Waals surface area (Å²) in [5.74, 6) is -0.134. The van der Waals surface area contributed by atoms with Crippen LogP contribution in [0.2, 0.25) is 0 Å². The van der Waals surface area contributed by atoms with Gasteiger partial charge in [-0.05, 0) is 26.2 Å². The van der Waals surface area contributed by atoms with Crippen molar-refractivity contribution in [1.29, 1.82) is 0 Å². The number of hydrogen-bond acceptors (Lipinski definition) is 5. The van der Waals surface area contributed by atoms with Gasteiger partial charge in [0.25, 0.3) is 0 Å². The zero-order chi connectivity index (χ0) is 19.4. The van der Waals surface area contributed by atoms with E-state index in [9.17, 15) is 14.4 Å². The SMILES string of the molecule is CC(=O)NCC(=O)N1CCC[C@]2(CCC(=O)N(Cc3cnc(C)cn3)C2)C1. The van der Waals surface area contributed by atoms with E-state index in [-0.39, 0.29) is 29.7 Å². The summed E-state index contributed by atoms with van der Waals surface area (Å²) in [6.07, 6.45) is 6.63. The molecule has 2 saturated heterocycles. The minimum Gasteiger partial charge on any atom is -0.347 e. The minimum atomic E-state index is -0.205. The van der Waals surface area contributed by atoms with Gasteiger partial charge in [-0.1, -0.05) is 0 Å². The number of carbonyl (C=O) groups is 3. The van der Waals surface area contributed by atoms with Crippen LogP contribution in [0.4, 0.5) is 0 Å². The maximum Gasteiger partial charge on any atom is 0.241 e. The van der Waals surface area contributed by atoms with Crippen molar-refractivity contribution in [1.82, 2.24) is 25.1 Å². The molecule has 1 aromatic heterocycles. The van der Waals surface area contributed by atoms with Gasteiger partial charge in [0, 0.05) is 44.6 Å². The van der Waals surface area contributed by atoms with Crippen LogP contribution in [0.3, 0.4) is 0 Å². The molecule has 2 aliphatic rings. The number of nitrogens with one attached hydrogen (secondary N) is 1. The first-order chi connectivity index (χ1) is 12.9. The van der Waals surface area contributed by atoms with E-state index >= 15 is 0 Å². The molecule has 0 bridgehead atoms. The monoisotopic (exact) mass is 373 g/mol. The summed E-state index contributed by atoms with van der Waals surface area (Å²) in [4.78, 5) is 48.2. The quantitative estimate of drug-likeness (QED) is 0.836. The summed E-state index contributed by atoms with van der Waals surface area (Å²) in [5, 5.41) is 2.58. The van der Waals surface area contributed by atoms with Gasteiger partial charge in [-0.15, -0.1) is 0 Å². The predicted octanol–water partition coefficient (Wildman–Crippen LogP) is 0.652. The molecule has 27 heavy (non-hydrogen) atoms. The second kappa shape index (κ2) is 8.02. The van der Waals surface area contributed by atoms with Crippen LogP contribution in [0.25, 0.3) is 0 Å². The van der Waals surface area contributed by atoms with Crippen molar-refractivity contribution < 1.29 is 14.4 Å². The molecule has 2 aliphatic heterocycles. The second-order valence-electron chi connectivity index (χ2n) is 7.73. The lowest BCUT2D eigenvalue weighted by atomic mass is 9.73. The highest BCUT2D eigenvalue weighted by Crippen LogP contribution is 2.39. The molecular weight excluding hydrogens is 346 g/mol. The Kier molecular flexibility index (Phi) is 5.72. The Balaban J connectivity index is 1.65. The van der Waals surface area contributed by atoms with Crippen LogP contribution < -0.4 is 5.32 Å². The lowest BCUT2D eigenvalue weighted by Crippen LogP contribution is -2.55. The van der Waals surface area contributed by atoms with Gasteiger partial charge in [0.1, 0.15) is 0 Å². The first-order valence-electron chi connectivity index (χ1n) is 9.44. The third-order valence-electron chi connectivity index (χ3n) is 5.44. The molecule has 0 aromatic carbocycles. The van der Waals surface area contributed by atoms with Gasteiger partial charge in [-0.25, -0.2) is 0 Å². The van der Waals surface area contributed by atoms with Crippen molar-refractivity contribution in [2.45, 2.75) is 46.1 Å². The average molecular weight is 373 g/mol. The van der Waals surface area contributed by atoms with Gasteiger partial charge in [-0.2, -0.15) is 0 Å². The fraction of sp³-hybridized carbons (Fsp3) is 0.632. The smallest absolute Gasteiger partial charge is 0.241 e. The van der Waals surface area contributed by atoms with Gasteiger partial charge < -0.3 is 15.1 Å². The number of rotatable bonds is 4. The number of hydrogen-bond donors (Lipinski definition) is 1. The number of nitrogens with zero attached hydrogens (tertiary/aromatic N) is 4. The van der Waals surface area contributed by atoms with E-state index in [1.807, 2.05) is 16.7 Å². The summed E-state index contributed by atoms with van der Waals surface area (Å²) >= 11 is 0. The molecule has 2 fully saturated rings. The fourth-order valence-corrected chi connectivity index (χ4v) is 4.01. The number of aryl methyl sites for hydroxylation is 1. The summed E-state index contributed by atoms with van der Waals surface area (Å²) in [5.41, 5.74) is 1.55. The highest BCUT2D eigenvalue weighted by Gasteiger charge is 2.42. The van der Waals surface area contributed by atoms with Crippen molar-refractivity contribution in [3.63, 3.8) is 0 Å². The van der Waals surface area contributed by atoms with Crippen LogP contribution in [0.15, 0.2) is 12.4 Å². The van der Waals surface area contributed by atoms with Crippen LogP contribution in [0.1, 0.15) is 44.0 Å². The van der Waals surface area contributed by atoms with Crippen LogP contribution in [0.5, 0.6) is 0 Å². The Hall–Kier alpha value is -2.51. The zero-order valence-corrected chi connectivity index (χ0v) is 16.0. The van der Waals surface area contributed by atoms with E-state index in [4.69, 9.17) is 0 Å². The number of amides is 3. The second-order valence-corrected chi connectivity index (χ2v) is 7.73. The van der Waals surface area contributed by atoms with Gasteiger partial charge in [0.05, 0.1) is 30.7 Å². The van der Waals surface area contributed by atoms with Crippen LogP contribution in [-0.2, 0) is 20.9 Å². The molecule has 0 aliphatic carbocycles. The van der Waals surface area contributed by atoms with Crippen molar-refractivity contribution >= 4 is 17.7 Å². The number of aromatic nitrogens is 2. The molecule has 8 heteroatoms. The Morgan fingerprint density at radius 3 is 2.74 bits per heavy atom. The molecule has 1 aromatic rings. The predicted molar refractivity (Wildman–Crippen MR) is 98.4 cm³/mol. The molecule has 3 rings (SSSR count). The molecule has 0 unspecified atom stereocenters. The minimum absolute atomic E-state index is 0.0347. The highest BCUT2D eigenvalue weighted by atomic mass is 16.2. The maximum atomic E-state index is 12.4. The topological polar surface area (TPSA) is 95.5 Å². The molecule has 1 N–H and O–H groups in total. The normalized spacial score (nSPS) is 22.8. The Morgan fingerprint density at radius 2 is 2.04 bits per heavy atom. The molecule has 0 saturated carbocycles. The number of piperidine rings is 2. The Bertz CT molecular complexity index is 721. The summed E-state index contributed by atoms with van der Waals surface area (Å²) in [7, 11) is 0. The van der Waals surface area contributed by atoms with E-state index in [0.29, 0.717) is 32.6 Å². The lowest BCUT2D eigenvalue weighted by molar-refractivity contribution is -0.144. The Morgan fingerprint density at radius 1 is 1.22 bits per heavy atom. The van der Waals surface area contributed by atoms with Crippen molar-refractivity contribution in [3.8, 4) is 0 Å². The van der Waals surface area contributed by atoms with E-state index in [0.717, 1.165) is 30.7 Å². The lowest BCUT2D eigenvalue weighted by Gasteiger charge is -2.48. The Labute approximate surface area is 159 Å². The first-order valence-corrected chi connectivity index (χ1v) is 9.44. The summed E-state index contributed by atoms with van der Waals surface area (Å²) in [6.45, 7) is 5.74. The largest absolute Gasteiger partial charge is 0.347 e. The van der Waals surface area contributed by atoms with Gasteiger partial charge in [0.2, 0.25) is 17.7 Å². The zero-order valence-electron chi connectivity index (χ0n) is 16.0. The van der Waals surface area contributed by atoms with E-state index in [2.05, 4.69) is 15.3 Å². The van der Waals surface area contributed by atoms with Crippen LogP contribution in [-0.4, -0.2) is 63.7 Å². The third-order valence-corrected chi connectivity index (χ3v) is 5.44. The molecule has 8 nitrogen and oxygen atoms in total. The molecule has 146 valence electrons. The van der Waals surface area contributed by atoms with E-state index in [1.165, 1.54) is 6.92 Å². The summed E-state index contributed by atoms with van der Waals surface area (Å²) < 4.78 is 0. The van der Waals surface area contributed by atoms with Crippen molar-refractivity contribution in [2.24, 2.45) is 5.41 Å². The first kappa shape index (κ1) is 19.3.